The molecule has 0 spiro atoms. The summed E-state index contributed by atoms with van der Waals surface area (Å²) in [4.78, 5) is 32.9. The highest BCUT2D eigenvalue weighted by atomic mass is 16.5. The lowest BCUT2D eigenvalue weighted by molar-refractivity contribution is -0.148. The van der Waals surface area contributed by atoms with Crippen LogP contribution in [0.3, 0.4) is 0 Å². The van der Waals surface area contributed by atoms with Crippen LogP contribution in [0.15, 0.2) is 0 Å². The third-order valence-corrected chi connectivity index (χ3v) is 2.37. The number of amides is 3. The summed E-state index contributed by atoms with van der Waals surface area (Å²) in [5, 5.41) is 13.4. The van der Waals surface area contributed by atoms with Gasteiger partial charge in [-0.1, -0.05) is 0 Å². The van der Waals surface area contributed by atoms with Crippen LogP contribution in [0.1, 0.15) is 13.8 Å². The number of carbonyl (C=O) groups excluding carboxylic acids is 2. The molecule has 5 N–H and O–H groups in total. The number of nitrogens with two attached hydrogens (primary N) is 1. The molecule has 0 aliphatic rings. The standard InChI is InChI=1S/C10H19N3O5/c1-10(2,8(11)16)5-13-9(17)12-4-6(18-3)7(14)15/h6H,4-5H2,1-3H3,(H2,11,16)(H,14,15)(H2,12,13,17). The van der Waals surface area contributed by atoms with Gasteiger partial charge in [-0.15, -0.1) is 0 Å². The van der Waals surface area contributed by atoms with Crippen molar-refractivity contribution in [3.8, 4) is 0 Å². The molecule has 0 bridgehead atoms. The second-order valence-corrected chi connectivity index (χ2v) is 4.37. The van der Waals surface area contributed by atoms with Gasteiger partial charge in [-0.05, 0) is 13.8 Å². The van der Waals surface area contributed by atoms with Gasteiger partial charge in [0.25, 0.3) is 0 Å². The molecule has 0 aliphatic carbocycles. The quantitative estimate of drug-likeness (QED) is 0.462. The van der Waals surface area contributed by atoms with Crippen LogP contribution in [0.25, 0.3) is 0 Å². The first-order valence-electron chi connectivity index (χ1n) is 5.28. The predicted octanol–water partition coefficient (Wildman–Crippen LogP) is -1.10. The third kappa shape index (κ3) is 5.48. The average Bonchev–Trinajstić information content (AvgIpc) is 2.26. The van der Waals surface area contributed by atoms with Crippen molar-refractivity contribution in [2.75, 3.05) is 20.2 Å². The molecule has 0 aromatic rings. The van der Waals surface area contributed by atoms with Gasteiger partial charge in [0.2, 0.25) is 5.91 Å². The Labute approximate surface area is 105 Å². The summed E-state index contributed by atoms with van der Waals surface area (Å²) in [6.07, 6.45) is -1.11. The Morgan fingerprint density at radius 1 is 1.33 bits per heavy atom. The van der Waals surface area contributed by atoms with Crippen molar-refractivity contribution in [3.63, 3.8) is 0 Å². The van der Waals surface area contributed by atoms with E-state index in [0.29, 0.717) is 0 Å². The first-order chi connectivity index (χ1) is 8.20. The van der Waals surface area contributed by atoms with Crippen molar-refractivity contribution in [1.29, 1.82) is 0 Å². The zero-order chi connectivity index (χ0) is 14.3. The summed E-state index contributed by atoms with van der Waals surface area (Å²) in [7, 11) is 1.23. The number of primary amides is 1. The van der Waals surface area contributed by atoms with Gasteiger partial charge in [0, 0.05) is 13.7 Å². The van der Waals surface area contributed by atoms with E-state index in [1.807, 2.05) is 0 Å². The van der Waals surface area contributed by atoms with E-state index in [4.69, 9.17) is 10.8 Å². The van der Waals surface area contributed by atoms with Crippen LogP contribution < -0.4 is 16.4 Å². The highest BCUT2D eigenvalue weighted by molar-refractivity contribution is 5.81. The molecule has 0 fully saturated rings. The summed E-state index contributed by atoms with van der Waals surface area (Å²) < 4.78 is 4.63. The lowest BCUT2D eigenvalue weighted by atomic mass is 9.93. The SMILES string of the molecule is COC(CNC(=O)NCC(C)(C)C(N)=O)C(=O)O. The van der Waals surface area contributed by atoms with E-state index >= 15 is 0 Å². The van der Waals surface area contributed by atoms with Crippen LogP contribution in [-0.4, -0.2) is 49.3 Å². The lowest BCUT2D eigenvalue weighted by Crippen LogP contribution is -2.47. The Bertz CT molecular complexity index is 329. The van der Waals surface area contributed by atoms with Crippen LogP contribution >= 0.6 is 0 Å². The molecule has 1 unspecified atom stereocenters. The van der Waals surface area contributed by atoms with E-state index in [-0.39, 0.29) is 13.1 Å². The summed E-state index contributed by atoms with van der Waals surface area (Å²) in [5.74, 6) is -1.71. The molecular weight excluding hydrogens is 242 g/mol. The van der Waals surface area contributed by atoms with Gasteiger partial charge in [0.1, 0.15) is 0 Å². The Kier molecular flexibility index (Phi) is 6.11. The van der Waals surface area contributed by atoms with Crippen LogP contribution in [0.4, 0.5) is 4.79 Å². The van der Waals surface area contributed by atoms with Gasteiger partial charge in [0.05, 0.1) is 12.0 Å². The maximum Gasteiger partial charge on any atom is 0.334 e. The molecule has 0 saturated carbocycles. The molecule has 3 amide bonds. The van der Waals surface area contributed by atoms with Crippen LogP contribution in [0.5, 0.6) is 0 Å². The number of rotatable bonds is 7. The van der Waals surface area contributed by atoms with Crippen molar-refractivity contribution < 1.29 is 24.2 Å². The summed E-state index contributed by atoms with van der Waals surface area (Å²) in [6, 6.07) is -0.590. The molecule has 0 aliphatic heterocycles. The van der Waals surface area contributed by atoms with E-state index in [9.17, 15) is 14.4 Å². The number of carboxylic acids is 1. The Morgan fingerprint density at radius 2 is 1.89 bits per heavy atom. The molecule has 0 rings (SSSR count). The first kappa shape index (κ1) is 16.2. The van der Waals surface area contributed by atoms with Crippen molar-refractivity contribution in [3.05, 3.63) is 0 Å². The second kappa shape index (κ2) is 6.80. The smallest absolute Gasteiger partial charge is 0.334 e. The molecule has 8 heteroatoms. The highest BCUT2D eigenvalue weighted by Gasteiger charge is 2.25. The number of nitrogens with one attached hydrogen (secondary N) is 2. The minimum atomic E-state index is -1.17. The number of urea groups is 1. The Morgan fingerprint density at radius 3 is 2.28 bits per heavy atom. The largest absolute Gasteiger partial charge is 0.479 e. The van der Waals surface area contributed by atoms with Gasteiger partial charge in [0.15, 0.2) is 6.10 Å². The molecule has 0 radical (unpaired) electrons. The van der Waals surface area contributed by atoms with E-state index in [2.05, 4.69) is 15.4 Å². The Hall–Kier alpha value is -1.83. The minimum Gasteiger partial charge on any atom is -0.479 e. The molecule has 0 saturated heterocycles. The number of ether oxygens (including phenoxy) is 1. The summed E-state index contributed by atoms with van der Waals surface area (Å²) in [5.41, 5.74) is 4.26. The molecule has 1 atom stereocenters. The third-order valence-electron chi connectivity index (χ3n) is 2.37. The maximum atomic E-state index is 11.3. The molecule has 104 valence electrons. The predicted molar refractivity (Wildman–Crippen MR) is 62.8 cm³/mol. The van der Waals surface area contributed by atoms with E-state index in [1.54, 1.807) is 13.8 Å². The number of carboxylic acid groups (broad SMARTS) is 1. The van der Waals surface area contributed by atoms with Crippen molar-refractivity contribution in [2.45, 2.75) is 20.0 Å². The molecule has 0 heterocycles. The fraction of sp³-hybridized carbons (Fsp3) is 0.700. The number of carbonyl (C=O) groups is 3. The maximum absolute atomic E-state index is 11.3. The van der Waals surface area contributed by atoms with E-state index in [1.165, 1.54) is 7.11 Å². The molecular formula is C10H19N3O5. The normalized spacial score (nSPS) is 12.6. The average molecular weight is 261 g/mol. The molecule has 0 aromatic carbocycles. The summed E-state index contributed by atoms with van der Waals surface area (Å²) in [6.45, 7) is 3.06. The number of aliphatic carboxylic acids is 1. The van der Waals surface area contributed by atoms with Crippen LogP contribution in [0, 0.1) is 5.41 Å². The van der Waals surface area contributed by atoms with Gasteiger partial charge in [-0.3, -0.25) is 4.79 Å². The monoisotopic (exact) mass is 261 g/mol. The fourth-order valence-electron chi connectivity index (χ4n) is 0.908. The zero-order valence-corrected chi connectivity index (χ0v) is 10.6. The zero-order valence-electron chi connectivity index (χ0n) is 10.6. The van der Waals surface area contributed by atoms with Crippen LogP contribution in [0.2, 0.25) is 0 Å². The fourth-order valence-corrected chi connectivity index (χ4v) is 0.908. The van der Waals surface area contributed by atoms with E-state index in [0.717, 1.165) is 0 Å². The second-order valence-electron chi connectivity index (χ2n) is 4.37. The lowest BCUT2D eigenvalue weighted by Gasteiger charge is -2.21. The van der Waals surface area contributed by atoms with Gasteiger partial charge < -0.3 is 26.2 Å². The van der Waals surface area contributed by atoms with E-state index < -0.39 is 29.4 Å². The summed E-state index contributed by atoms with van der Waals surface area (Å²) >= 11 is 0. The van der Waals surface area contributed by atoms with Crippen molar-refractivity contribution >= 4 is 17.9 Å². The molecule has 0 aromatic heterocycles. The highest BCUT2D eigenvalue weighted by Crippen LogP contribution is 2.11. The van der Waals surface area contributed by atoms with Crippen LogP contribution in [-0.2, 0) is 14.3 Å². The first-order valence-corrected chi connectivity index (χ1v) is 5.28. The van der Waals surface area contributed by atoms with Gasteiger partial charge in [-0.25, -0.2) is 9.59 Å². The van der Waals surface area contributed by atoms with Gasteiger partial charge in [-0.2, -0.15) is 0 Å². The number of hydrogen-bond acceptors (Lipinski definition) is 4. The molecule has 18 heavy (non-hydrogen) atoms. The molecule has 8 nitrogen and oxygen atoms in total. The topological polar surface area (TPSA) is 131 Å². The Balaban J connectivity index is 4.06. The van der Waals surface area contributed by atoms with Crippen molar-refractivity contribution in [2.24, 2.45) is 11.1 Å². The minimum absolute atomic E-state index is 0.0545. The van der Waals surface area contributed by atoms with Crippen molar-refractivity contribution in [1.82, 2.24) is 10.6 Å². The number of methoxy groups -OCH3 is 1. The number of hydrogen-bond donors (Lipinski definition) is 4. The van der Waals surface area contributed by atoms with Gasteiger partial charge >= 0.3 is 12.0 Å².